The Bertz CT molecular complexity index is 1230. The van der Waals surface area contributed by atoms with E-state index in [9.17, 15) is 4.79 Å². The lowest BCUT2D eigenvalue weighted by molar-refractivity contribution is 0.0384. The lowest BCUT2D eigenvalue weighted by Crippen LogP contribution is -2.40. The number of rotatable bonds is 7. The molecule has 0 saturated carbocycles. The van der Waals surface area contributed by atoms with Crippen LogP contribution < -0.4 is 10.9 Å². The van der Waals surface area contributed by atoms with Gasteiger partial charge in [-0.05, 0) is 18.2 Å². The van der Waals surface area contributed by atoms with Gasteiger partial charge in [0.1, 0.15) is 11.3 Å². The van der Waals surface area contributed by atoms with Crippen LogP contribution in [0, 0.1) is 0 Å². The molecule has 0 atom stereocenters. The zero-order chi connectivity index (χ0) is 21.8. The van der Waals surface area contributed by atoms with E-state index < -0.39 is 0 Å². The average Bonchev–Trinajstić information content (AvgIpc) is 3.22. The molecule has 2 aromatic heterocycles. The Morgan fingerprint density at radius 3 is 2.47 bits per heavy atom. The van der Waals surface area contributed by atoms with Crippen molar-refractivity contribution in [1.82, 2.24) is 25.0 Å². The molecule has 2 N–H and O–H groups in total. The highest BCUT2D eigenvalue weighted by Gasteiger charge is 2.16. The summed E-state index contributed by atoms with van der Waals surface area (Å²) >= 11 is 0. The second-order valence-corrected chi connectivity index (χ2v) is 7.98. The Morgan fingerprint density at radius 2 is 1.72 bits per heavy atom. The average molecular weight is 430 g/mol. The number of para-hydroxylation sites is 1. The molecule has 0 spiro atoms. The Labute approximate surface area is 186 Å². The Hall–Kier alpha value is -3.26. The van der Waals surface area contributed by atoms with Gasteiger partial charge in [-0.1, -0.05) is 48.5 Å². The second kappa shape index (κ2) is 9.48. The molecule has 4 aromatic rings. The number of ether oxygens (including phenoxy) is 1. The first kappa shape index (κ1) is 20.6. The zero-order valence-corrected chi connectivity index (χ0v) is 18.0. The predicted molar refractivity (Wildman–Crippen MR) is 126 cm³/mol. The van der Waals surface area contributed by atoms with Gasteiger partial charge in [-0.25, -0.2) is 4.68 Å². The van der Waals surface area contributed by atoms with Gasteiger partial charge in [0.25, 0.3) is 5.56 Å². The van der Waals surface area contributed by atoms with Gasteiger partial charge in [-0.3, -0.25) is 9.69 Å². The Morgan fingerprint density at radius 1 is 1.00 bits per heavy atom. The summed E-state index contributed by atoms with van der Waals surface area (Å²) in [5.41, 5.74) is 4.11. The third-order valence-corrected chi connectivity index (χ3v) is 5.84. The molecule has 0 bridgehead atoms. The molecule has 2 aromatic carbocycles. The van der Waals surface area contributed by atoms with E-state index in [1.165, 1.54) is 0 Å². The Balaban J connectivity index is 1.45. The number of H-pyrrole nitrogens is 1. The first-order chi connectivity index (χ1) is 15.8. The van der Waals surface area contributed by atoms with E-state index in [0.717, 1.165) is 61.7 Å². The maximum absolute atomic E-state index is 12.9. The van der Waals surface area contributed by atoms with Crippen molar-refractivity contribution >= 4 is 11.0 Å². The van der Waals surface area contributed by atoms with Crippen molar-refractivity contribution in [2.75, 3.05) is 39.4 Å². The van der Waals surface area contributed by atoms with E-state index in [4.69, 9.17) is 9.84 Å². The highest BCUT2D eigenvalue weighted by atomic mass is 16.5. The number of nitrogens with one attached hydrogen (secondary N) is 2. The number of aromatic amines is 1. The molecule has 5 rings (SSSR count). The highest BCUT2D eigenvalue weighted by Crippen LogP contribution is 2.28. The first-order valence-corrected chi connectivity index (χ1v) is 11.1. The van der Waals surface area contributed by atoms with Crippen LogP contribution in [0.4, 0.5) is 0 Å². The van der Waals surface area contributed by atoms with Crippen molar-refractivity contribution in [3.05, 3.63) is 82.6 Å². The summed E-state index contributed by atoms with van der Waals surface area (Å²) in [5, 5.41) is 9.23. The number of morpholine rings is 1. The van der Waals surface area contributed by atoms with Crippen LogP contribution in [0.2, 0.25) is 0 Å². The number of aromatic nitrogens is 3. The molecule has 0 radical (unpaired) electrons. The minimum absolute atomic E-state index is 0.0898. The van der Waals surface area contributed by atoms with Gasteiger partial charge in [0, 0.05) is 49.2 Å². The summed E-state index contributed by atoms with van der Waals surface area (Å²) in [5.74, 6) is 0. The van der Waals surface area contributed by atoms with E-state index in [0.29, 0.717) is 17.8 Å². The number of hydrogen-bond donors (Lipinski definition) is 2. The van der Waals surface area contributed by atoms with E-state index in [1.807, 2.05) is 71.4 Å². The smallest absolute Gasteiger partial charge is 0.254 e. The molecule has 0 amide bonds. The van der Waals surface area contributed by atoms with Gasteiger partial charge in [0.15, 0.2) is 0 Å². The summed E-state index contributed by atoms with van der Waals surface area (Å²) in [6.07, 6.45) is 0. The van der Waals surface area contributed by atoms with Crippen LogP contribution in [0.15, 0.2) is 71.5 Å². The fourth-order valence-corrected chi connectivity index (χ4v) is 4.10. The van der Waals surface area contributed by atoms with Crippen molar-refractivity contribution in [1.29, 1.82) is 0 Å². The van der Waals surface area contributed by atoms with Gasteiger partial charge in [-0.15, -0.1) is 0 Å². The van der Waals surface area contributed by atoms with Crippen molar-refractivity contribution < 1.29 is 4.74 Å². The number of nitrogens with zero attached hydrogens (tertiary/aromatic N) is 3. The van der Waals surface area contributed by atoms with Gasteiger partial charge < -0.3 is 15.0 Å². The van der Waals surface area contributed by atoms with Crippen LogP contribution in [0.1, 0.15) is 5.56 Å². The lowest BCUT2D eigenvalue weighted by atomic mass is 10.1. The largest absolute Gasteiger partial charge is 0.379 e. The van der Waals surface area contributed by atoms with E-state index in [-0.39, 0.29) is 5.56 Å². The summed E-state index contributed by atoms with van der Waals surface area (Å²) in [6.45, 7) is 5.81. The molecule has 1 fully saturated rings. The molecular weight excluding hydrogens is 402 g/mol. The van der Waals surface area contributed by atoms with Crippen LogP contribution in [-0.2, 0) is 11.3 Å². The van der Waals surface area contributed by atoms with E-state index in [1.54, 1.807) is 0 Å². The third-order valence-electron chi connectivity index (χ3n) is 5.84. The second-order valence-electron chi connectivity index (χ2n) is 7.98. The van der Waals surface area contributed by atoms with Crippen LogP contribution in [-0.4, -0.2) is 59.1 Å². The molecule has 1 aliphatic rings. The first-order valence-electron chi connectivity index (χ1n) is 11.1. The normalized spacial score (nSPS) is 14.8. The summed E-state index contributed by atoms with van der Waals surface area (Å²) in [7, 11) is 0. The standard InChI is InChI=1S/C25H27N5O2/c31-25-20(18-26-11-12-29-13-15-32-16-14-29)17-22-23(19-7-3-1-4-8-19)28-30(24(22)27-25)21-9-5-2-6-10-21/h1-10,17,26H,11-16,18H2,(H,27,31). The molecule has 7 heteroatoms. The van der Waals surface area contributed by atoms with Crippen molar-refractivity contribution in [2.24, 2.45) is 0 Å². The zero-order valence-electron chi connectivity index (χ0n) is 18.0. The fraction of sp³-hybridized carbons (Fsp3) is 0.280. The van der Waals surface area contributed by atoms with Crippen LogP contribution >= 0.6 is 0 Å². The summed E-state index contributed by atoms with van der Waals surface area (Å²) < 4.78 is 7.21. The van der Waals surface area contributed by atoms with Crippen molar-refractivity contribution in [2.45, 2.75) is 6.54 Å². The fourth-order valence-electron chi connectivity index (χ4n) is 4.10. The van der Waals surface area contributed by atoms with Gasteiger partial charge in [0.2, 0.25) is 0 Å². The van der Waals surface area contributed by atoms with Crippen LogP contribution in [0.25, 0.3) is 28.0 Å². The van der Waals surface area contributed by atoms with Crippen molar-refractivity contribution in [3.8, 4) is 16.9 Å². The van der Waals surface area contributed by atoms with Gasteiger partial charge in [0.05, 0.1) is 18.9 Å². The summed E-state index contributed by atoms with van der Waals surface area (Å²) in [6, 6.07) is 21.9. The molecule has 1 aliphatic heterocycles. The third kappa shape index (κ3) is 4.36. The van der Waals surface area contributed by atoms with Crippen LogP contribution in [0.3, 0.4) is 0 Å². The minimum atomic E-state index is -0.0898. The number of fused-ring (bicyclic) bond motifs is 1. The molecule has 3 heterocycles. The van der Waals surface area contributed by atoms with E-state index >= 15 is 0 Å². The molecule has 0 aliphatic carbocycles. The van der Waals surface area contributed by atoms with Gasteiger partial charge >= 0.3 is 0 Å². The van der Waals surface area contributed by atoms with Crippen molar-refractivity contribution in [3.63, 3.8) is 0 Å². The molecular formula is C25H27N5O2. The van der Waals surface area contributed by atoms with Gasteiger partial charge in [-0.2, -0.15) is 5.10 Å². The highest BCUT2D eigenvalue weighted by molar-refractivity contribution is 5.92. The molecule has 32 heavy (non-hydrogen) atoms. The maximum Gasteiger partial charge on any atom is 0.254 e. The molecule has 0 unspecified atom stereocenters. The Kier molecular flexibility index (Phi) is 6.11. The monoisotopic (exact) mass is 429 g/mol. The van der Waals surface area contributed by atoms with Crippen LogP contribution in [0.5, 0.6) is 0 Å². The lowest BCUT2D eigenvalue weighted by Gasteiger charge is -2.26. The number of pyridine rings is 1. The molecule has 164 valence electrons. The summed E-state index contributed by atoms with van der Waals surface area (Å²) in [4.78, 5) is 18.4. The molecule has 1 saturated heterocycles. The number of hydrogen-bond acceptors (Lipinski definition) is 5. The van der Waals surface area contributed by atoms with E-state index in [2.05, 4.69) is 15.2 Å². The number of benzene rings is 2. The predicted octanol–water partition coefficient (Wildman–Crippen LogP) is 2.80. The SMILES string of the molecule is O=c1[nH]c2c(cc1CNCCN1CCOCC1)c(-c1ccccc1)nn2-c1ccccc1. The minimum Gasteiger partial charge on any atom is -0.379 e. The quantitative estimate of drug-likeness (QED) is 0.442. The molecule has 7 nitrogen and oxygen atoms in total. The topological polar surface area (TPSA) is 75.2 Å². The maximum atomic E-state index is 12.9.